The molecule has 0 aromatic carbocycles. The molecule has 138 valence electrons. The van der Waals surface area contributed by atoms with Gasteiger partial charge in [-0.05, 0) is 57.5 Å². The van der Waals surface area contributed by atoms with E-state index in [-0.39, 0.29) is 30.1 Å². The third kappa shape index (κ3) is 4.33. The maximum Gasteiger partial charge on any atom is 0.401 e. The molecule has 0 spiro atoms. The summed E-state index contributed by atoms with van der Waals surface area (Å²) in [7, 11) is 0. The first-order valence-corrected chi connectivity index (χ1v) is 8.85. The molecule has 3 aliphatic rings. The molecule has 3 heterocycles. The Kier molecular flexibility index (Phi) is 5.24. The number of rotatable bonds is 3. The smallest absolute Gasteiger partial charge is 0.393 e. The molecule has 2 amide bonds. The second-order valence-electron chi connectivity index (χ2n) is 7.44. The number of aliphatic hydroxyl groups is 1. The van der Waals surface area contributed by atoms with Crippen LogP contribution in [0, 0.1) is 5.92 Å². The van der Waals surface area contributed by atoms with Gasteiger partial charge in [-0.15, -0.1) is 0 Å². The third-order valence-electron chi connectivity index (χ3n) is 5.59. The Labute approximate surface area is 140 Å². The molecule has 3 aliphatic heterocycles. The van der Waals surface area contributed by atoms with E-state index < -0.39 is 12.7 Å². The Morgan fingerprint density at radius 1 is 1.08 bits per heavy atom. The zero-order chi connectivity index (χ0) is 17.3. The van der Waals surface area contributed by atoms with E-state index in [0.717, 1.165) is 12.8 Å². The highest BCUT2D eigenvalue weighted by atomic mass is 19.4. The number of carbonyl (C=O) groups excluding carboxylic acids is 1. The van der Waals surface area contributed by atoms with Gasteiger partial charge in [0.05, 0.1) is 12.6 Å². The second kappa shape index (κ2) is 7.07. The summed E-state index contributed by atoms with van der Waals surface area (Å²) in [4.78, 5) is 15.7. The second-order valence-corrected chi connectivity index (χ2v) is 7.44. The molecule has 0 aliphatic carbocycles. The monoisotopic (exact) mass is 349 g/mol. The number of amides is 2. The highest BCUT2D eigenvalue weighted by Gasteiger charge is 2.42. The quantitative estimate of drug-likeness (QED) is 0.819. The first-order valence-electron chi connectivity index (χ1n) is 8.85. The molecule has 2 atom stereocenters. The summed E-state index contributed by atoms with van der Waals surface area (Å²) in [6, 6.07) is 0.187. The average Bonchev–Trinajstić information content (AvgIpc) is 2.77. The molecule has 24 heavy (non-hydrogen) atoms. The molecule has 0 radical (unpaired) electrons. The predicted octanol–water partition coefficient (Wildman–Crippen LogP) is 1.96. The Balaban J connectivity index is 1.40. The molecule has 2 bridgehead atoms. The zero-order valence-electron chi connectivity index (χ0n) is 13.8. The number of aliphatic hydroxyl groups excluding tert-OH is 1. The number of piperidine rings is 2. The van der Waals surface area contributed by atoms with Crippen LogP contribution in [0.2, 0.25) is 0 Å². The van der Waals surface area contributed by atoms with Crippen molar-refractivity contribution in [1.29, 1.82) is 0 Å². The number of hydrogen-bond donors (Lipinski definition) is 2. The number of nitrogens with one attached hydrogen (secondary N) is 1. The van der Waals surface area contributed by atoms with Gasteiger partial charge in [-0.3, -0.25) is 4.90 Å². The van der Waals surface area contributed by atoms with Gasteiger partial charge < -0.3 is 15.3 Å². The van der Waals surface area contributed by atoms with Gasteiger partial charge in [0.1, 0.15) is 0 Å². The number of carbonyl (C=O) groups is 1. The molecular weight excluding hydrogens is 323 g/mol. The fourth-order valence-electron chi connectivity index (χ4n) is 4.41. The molecule has 8 heteroatoms. The van der Waals surface area contributed by atoms with Crippen LogP contribution in [-0.4, -0.2) is 71.5 Å². The molecule has 3 rings (SSSR count). The minimum atomic E-state index is -4.14. The lowest BCUT2D eigenvalue weighted by atomic mass is 9.96. The van der Waals surface area contributed by atoms with Gasteiger partial charge in [0.25, 0.3) is 0 Å². The number of alkyl halides is 3. The summed E-state index contributed by atoms with van der Waals surface area (Å²) in [6.07, 6.45) is 0.128. The SMILES string of the molecule is O=C(NCC1CCN(CC(F)(F)F)CC1)N1[C@H]2CC[C@H]1CC(O)C2. The standard InChI is InChI=1S/C16H26F3N3O2/c17-16(18,19)10-21-5-3-11(4-6-21)9-20-15(24)22-12-1-2-13(22)8-14(23)7-12/h11-14,23H,1-10H2,(H,20,24)/t12-,13-/m0/s1. The van der Waals surface area contributed by atoms with Crippen molar-refractivity contribution in [2.24, 2.45) is 5.92 Å². The average molecular weight is 349 g/mol. The van der Waals surface area contributed by atoms with Crippen LogP contribution in [0.1, 0.15) is 38.5 Å². The number of fused-ring (bicyclic) bond motifs is 2. The van der Waals surface area contributed by atoms with Gasteiger partial charge in [0.2, 0.25) is 0 Å². The number of hydrogen-bond acceptors (Lipinski definition) is 3. The van der Waals surface area contributed by atoms with Gasteiger partial charge in [-0.25, -0.2) is 4.79 Å². The topological polar surface area (TPSA) is 55.8 Å². The molecule has 0 saturated carbocycles. The van der Waals surface area contributed by atoms with Crippen LogP contribution in [0.4, 0.5) is 18.0 Å². The molecule has 0 aromatic heterocycles. The van der Waals surface area contributed by atoms with Gasteiger partial charge >= 0.3 is 12.2 Å². The van der Waals surface area contributed by atoms with Crippen LogP contribution in [0.5, 0.6) is 0 Å². The maximum absolute atomic E-state index is 12.4. The van der Waals surface area contributed by atoms with Crippen molar-refractivity contribution in [2.75, 3.05) is 26.2 Å². The van der Waals surface area contributed by atoms with E-state index >= 15 is 0 Å². The highest BCUT2D eigenvalue weighted by Crippen LogP contribution is 2.35. The minimum Gasteiger partial charge on any atom is -0.393 e. The lowest BCUT2D eigenvalue weighted by Gasteiger charge is -2.38. The lowest BCUT2D eigenvalue weighted by molar-refractivity contribution is -0.148. The van der Waals surface area contributed by atoms with Crippen molar-refractivity contribution >= 4 is 6.03 Å². The van der Waals surface area contributed by atoms with E-state index in [1.165, 1.54) is 4.90 Å². The highest BCUT2D eigenvalue weighted by molar-refractivity contribution is 5.75. The molecule has 3 fully saturated rings. The Morgan fingerprint density at radius 3 is 2.21 bits per heavy atom. The summed E-state index contributed by atoms with van der Waals surface area (Å²) in [5.74, 6) is 0.242. The Hall–Kier alpha value is -1.02. The van der Waals surface area contributed by atoms with Crippen molar-refractivity contribution < 1.29 is 23.1 Å². The molecule has 0 unspecified atom stereocenters. The fourth-order valence-corrected chi connectivity index (χ4v) is 4.41. The Morgan fingerprint density at radius 2 is 1.67 bits per heavy atom. The lowest BCUT2D eigenvalue weighted by Crippen LogP contribution is -2.53. The molecule has 0 aromatic rings. The molecule has 2 N–H and O–H groups in total. The van der Waals surface area contributed by atoms with Gasteiger partial charge in [-0.2, -0.15) is 13.2 Å². The van der Waals surface area contributed by atoms with Crippen molar-refractivity contribution in [3.05, 3.63) is 0 Å². The fraction of sp³-hybridized carbons (Fsp3) is 0.938. The van der Waals surface area contributed by atoms with Crippen LogP contribution < -0.4 is 5.32 Å². The summed E-state index contributed by atoms with van der Waals surface area (Å²) >= 11 is 0. The van der Waals surface area contributed by atoms with E-state index in [0.29, 0.717) is 45.3 Å². The van der Waals surface area contributed by atoms with Crippen LogP contribution in [0.3, 0.4) is 0 Å². The molecule has 5 nitrogen and oxygen atoms in total. The van der Waals surface area contributed by atoms with E-state index in [1.807, 2.05) is 4.90 Å². The molecular formula is C16H26F3N3O2. The number of likely N-dealkylation sites (tertiary alicyclic amines) is 1. The van der Waals surface area contributed by atoms with Gasteiger partial charge in [0, 0.05) is 18.6 Å². The summed E-state index contributed by atoms with van der Waals surface area (Å²) in [5, 5.41) is 12.8. The van der Waals surface area contributed by atoms with Crippen molar-refractivity contribution in [2.45, 2.75) is 62.9 Å². The number of urea groups is 1. The molecule has 3 saturated heterocycles. The van der Waals surface area contributed by atoms with E-state index in [4.69, 9.17) is 0 Å². The summed E-state index contributed by atoms with van der Waals surface area (Å²) in [6.45, 7) is 0.547. The maximum atomic E-state index is 12.4. The van der Waals surface area contributed by atoms with Crippen LogP contribution >= 0.6 is 0 Å². The normalized spacial score (nSPS) is 32.2. The zero-order valence-corrected chi connectivity index (χ0v) is 13.8. The first-order chi connectivity index (χ1) is 11.3. The van der Waals surface area contributed by atoms with Crippen molar-refractivity contribution in [3.8, 4) is 0 Å². The van der Waals surface area contributed by atoms with E-state index in [1.54, 1.807) is 0 Å². The van der Waals surface area contributed by atoms with Crippen molar-refractivity contribution in [3.63, 3.8) is 0 Å². The largest absolute Gasteiger partial charge is 0.401 e. The summed E-state index contributed by atoms with van der Waals surface area (Å²) < 4.78 is 37.1. The van der Waals surface area contributed by atoms with Crippen molar-refractivity contribution in [1.82, 2.24) is 15.1 Å². The van der Waals surface area contributed by atoms with Crippen LogP contribution in [0.15, 0.2) is 0 Å². The minimum absolute atomic E-state index is 0.0767. The predicted molar refractivity (Wildman–Crippen MR) is 82.5 cm³/mol. The van der Waals surface area contributed by atoms with Gasteiger partial charge in [-0.1, -0.05) is 0 Å². The van der Waals surface area contributed by atoms with Crippen LogP contribution in [-0.2, 0) is 0 Å². The van der Waals surface area contributed by atoms with E-state index in [2.05, 4.69) is 5.32 Å². The van der Waals surface area contributed by atoms with E-state index in [9.17, 15) is 23.1 Å². The number of nitrogens with zero attached hydrogens (tertiary/aromatic N) is 2. The number of halogens is 3. The summed E-state index contributed by atoms with van der Waals surface area (Å²) in [5.41, 5.74) is 0. The Bertz CT molecular complexity index is 438. The van der Waals surface area contributed by atoms with Gasteiger partial charge in [0.15, 0.2) is 0 Å². The van der Waals surface area contributed by atoms with Crippen LogP contribution in [0.25, 0.3) is 0 Å². The first kappa shape index (κ1) is 17.8. The third-order valence-corrected chi connectivity index (χ3v) is 5.59.